The summed E-state index contributed by atoms with van der Waals surface area (Å²) in [4.78, 5) is 20.1. The number of unbranched alkanes of at least 4 members (excludes halogenated alkanes) is 2. The Morgan fingerprint density at radius 1 is 1.37 bits per heavy atom. The third kappa shape index (κ3) is 7.81. The van der Waals surface area contributed by atoms with E-state index in [1.165, 1.54) is 25.3 Å². The number of carbonyl (C=O) groups excluding carboxylic acids is 1. The molecule has 0 aliphatic heterocycles. The zero-order valence-corrected chi connectivity index (χ0v) is 11.3. The first kappa shape index (κ1) is 17.0. The van der Waals surface area contributed by atoms with Gasteiger partial charge in [0.05, 0.1) is 7.11 Å². The van der Waals surface area contributed by atoms with Crippen LogP contribution in [0, 0.1) is 0 Å². The highest BCUT2D eigenvalue weighted by Gasteiger charge is 2.00. The van der Waals surface area contributed by atoms with Crippen LogP contribution in [0.5, 0.6) is 11.5 Å². The molecule has 0 radical (unpaired) electrons. The summed E-state index contributed by atoms with van der Waals surface area (Å²) in [5.41, 5.74) is 0.486. The number of carbonyl (C=O) groups is 2. The first-order chi connectivity index (χ1) is 9.04. The average Bonchev–Trinajstić information content (AvgIpc) is 2.40. The predicted octanol–water partition coefficient (Wildman–Crippen LogP) is 2.86. The first-order valence-electron chi connectivity index (χ1n) is 6.09. The van der Waals surface area contributed by atoms with E-state index in [1.807, 2.05) is 0 Å². The van der Waals surface area contributed by atoms with Crippen LogP contribution < -0.4 is 4.74 Å². The number of phenols is 1. The number of aromatic hydroxyl groups is 1. The molecule has 19 heavy (non-hydrogen) atoms. The molecule has 0 bridgehead atoms. The Morgan fingerprint density at radius 2 is 2.05 bits per heavy atom. The molecule has 0 heterocycles. The van der Waals surface area contributed by atoms with E-state index in [4.69, 9.17) is 14.9 Å². The molecule has 0 atom stereocenters. The summed E-state index contributed by atoms with van der Waals surface area (Å²) in [6, 6.07) is 4.41. The molecule has 0 amide bonds. The summed E-state index contributed by atoms with van der Waals surface area (Å²) >= 11 is 0. The van der Waals surface area contributed by atoms with Crippen molar-refractivity contribution in [3.8, 4) is 11.5 Å². The number of aldehydes is 1. The Balaban J connectivity index is 0.000000362. The maximum Gasteiger partial charge on any atom is 0.303 e. The molecule has 0 fully saturated rings. The third-order valence-corrected chi connectivity index (χ3v) is 2.33. The number of aliphatic carboxylic acids is 1. The first-order valence-corrected chi connectivity index (χ1v) is 6.09. The van der Waals surface area contributed by atoms with Crippen molar-refractivity contribution in [1.82, 2.24) is 0 Å². The van der Waals surface area contributed by atoms with Gasteiger partial charge < -0.3 is 14.9 Å². The van der Waals surface area contributed by atoms with Crippen LogP contribution in [0.1, 0.15) is 43.0 Å². The largest absolute Gasteiger partial charge is 0.504 e. The van der Waals surface area contributed by atoms with Crippen LogP contribution in [0.15, 0.2) is 18.2 Å². The molecule has 106 valence electrons. The van der Waals surface area contributed by atoms with Crippen LogP contribution in [0.3, 0.4) is 0 Å². The zero-order chi connectivity index (χ0) is 14.7. The van der Waals surface area contributed by atoms with Gasteiger partial charge in [-0.15, -0.1) is 0 Å². The minimum absolute atomic E-state index is 0.0399. The molecule has 1 aromatic carbocycles. The molecule has 1 rings (SSSR count). The van der Waals surface area contributed by atoms with E-state index in [9.17, 15) is 9.59 Å². The van der Waals surface area contributed by atoms with Gasteiger partial charge in [0.25, 0.3) is 0 Å². The van der Waals surface area contributed by atoms with E-state index in [1.54, 1.807) is 0 Å². The van der Waals surface area contributed by atoms with Gasteiger partial charge in [-0.2, -0.15) is 0 Å². The molecule has 0 saturated carbocycles. The van der Waals surface area contributed by atoms with Crippen LogP contribution in [0.4, 0.5) is 0 Å². The van der Waals surface area contributed by atoms with E-state index in [2.05, 4.69) is 6.92 Å². The van der Waals surface area contributed by atoms with Crippen LogP contribution in [-0.2, 0) is 4.79 Å². The average molecular weight is 268 g/mol. The lowest BCUT2D eigenvalue weighted by molar-refractivity contribution is -0.137. The van der Waals surface area contributed by atoms with Crippen molar-refractivity contribution in [2.24, 2.45) is 0 Å². The van der Waals surface area contributed by atoms with Crippen molar-refractivity contribution in [3.05, 3.63) is 23.8 Å². The number of rotatable bonds is 6. The maximum absolute atomic E-state index is 10.2. The van der Waals surface area contributed by atoms with Crippen LogP contribution in [-0.4, -0.2) is 29.6 Å². The van der Waals surface area contributed by atoms with E-state index >= 15 is 0 Å². The summed E-state index contributed by atoms with van der Waals surface area (Å²) < 4.78 is 4.78. The molecular formula is C14H20O5. The number of phenolic OH excluding ortho intramolecular Hbond substituents is 1. The molecule has 2 N–H and O–H groups in total. The summed E-state index contributed by atoms with van der Waals surface area (Å²) in [5, 5.41) is 17.2. The van der Waals surface area contributed by atoms with Crippen molar-refractivity contribution in [3.63, 3.8) is 0 Å². The van der Waals surface area contributed by atoms with Gasteiger partial charge in [-0.1, -0.05) is 19.8 Å². The fourth-order valence-corrected chi connectivity index (χ4v) is 1.29. The van der Waals surface area contributed by atoms with E-state index in [0.717, 1.165) is 19.3 Å². The number of ether oxygens (including phenoxy) is 1. The number of methoxy groups -OCH3 is 1. The lowest BCUT2D eigenvalue weighted by Gasteiger charge is -2.01. The van der Waals surface area contributed by atoms with Crippen molar-refractivity contribution < 1.29 is 24.5 Å². The predicted molar refractivity (Wildman–Crippen MR) is 71.8 cm³/mol. The highest BCUT2D eigenvalue weighted by molar-refractivity contribution is 5.76. The molecule has 0 aromatic heterocycles. The monoisotopic (exact) mass is 268 g/mol. The topological polar surface area (TPSA) is 83.8 Å². The number of benzene rings is 1. The maximum atomic E-state index is 10.2. The second-order valence-corrected chi connectivity index (χ2v) is 3.90. The molecule has 0 aliphatic rings. The van der Waals surface area contributed by atoms with Crippen molar-refractivity contribution in [2.75, 3.05) is 7.11 Å². The fraction of sp³-hybridized carbons (Fsp3) is 0.429. The smallest absolute Gasteiger partial charge is 0.303 e. The summed E-state index contributed by atoms with van der Waals surface area (Å²) in [6.45, 7) is 2.06. The highest BCUT2D eigenvalue weighted by Crippen LogP contribution is 2.25. The second kappa shape index (κ2) is 9.94. The van der Waals surface area contributed by atoms with E-state index in [0.29, 0.717) is 24.0 Å². The summed E-state index contributed by atoms with van der Waals surface area (Å²) in [7, 11) is 1.43. The molecule has 0 spiro atoms. The standard InChI is InChI=1S/C8H8O3.C6H12O2/c1-11-8-4-6(5-9)2-3-7(8)10;1-2-3-4-5-6(7)8/h2-5,10H,1H3;2-5H2,1H3,(H,7,8). The number of carboxylic acid groups (broad SMARTS) is 1. The van der Waals surface area contributed by atoms with Gasteiger partial charge in [0.15, 0.2) is 11.5 Å². The lowest BCUT2D eigenvalue weighted by Crippen LogP contribution is -1.92. The minimum Gasteiger partial charge on any atom is -0.504 e. The van der Waals surface area contributed by atoms with E-state index in [-0.39, 0.29) is 5.75 Å². The second-order valence-electron chi connectivity index (χ2n) is 3.90. The van der Waals surface area contributed by atoms with Gasteiger partial charge >= 0.3 is 5.97 Å². The van der Waals surface area contributed by atoms with Crippen LogP contribution in [0.25, 0.3) is 0 Å². The van der Waals surface area contributed by atoms with Gasteiger partial charge in [-0.3, -0.25) is 9.59 Å². The Labute approximate surface area is 112 Å². The van der Waals surface area contributed by atoms with Crippen molar-refractivity contribution >= 4 is 12.3 Å². The van der Waals surface area contributed by atoms with Gasteiger partial charge in [-0.25, -0.2) is 0 Å². The number of hydrogen-bond donors (Lipinski definition) is 2. The third-order valence-electron chi connectivity index (χ3n) is 2.33. The van der Waals surface area contributed by atoms with Crippen molar-refractivity contribution in [1.29, 1.82) is 0 Å². The van der Waals surface area contributed by atoms with Crippen molar-refractivity contribution in [2.45, 2.75) is 32.6 Å². The van der Waals surface area contributed by atoms with Gasteiger partial charge in [0.1, 0.15) is 6.29 Å². The molecular weight excluding hydrogens is 248 g/mol. The zero-order valence-electron chi connectivity index (χ0n) is 11.3. The minimum atomic E-state index is -0.682. The Hall–Kier alpha value is -2.04. The summed E-state index contributed by atoms with van der Waals surface area (Å²) in [6.07, 6.45) is 3.97. The number of hydrogen-bond acceptors (Lipinski definition) is 4. The number of carboxylic acids is 1. The van der Waals surface area contributed by atoms with Crippen LogP contribution in [0.2, 0.25) is 0 Å². The Morgan fingerprint density at radius 3 is 2.53 bits per heavy atom. The highest BCUT2D eigenvalue weighted by atomic mass is 16.5. The molecule has 0 saturated heterocycles. The quantitative estimate of drug-likeness (QED) is 0.612. The lowest BCUT2D eigenvalue weighted by atomic mass is 10.2. The molecule has 0 aliphatic carbocycles. The molecule has 5 nitrogen and oxygen atoms in total. The Bertz CT molecular complexity index is 401. The summed E-state index contributed by atoms with van der Waals surface area (Å²) in [5.74, 6) is -0.328. The molecule has 5 heteroatoms. The van der Waals surface area contributed by atoms with Crippen LogP contribution >= 0.6 is 0 Å². The fourth-order valence-electron chi connectivity index (χ4n) is 1.29. The molecule has 0 unspecified atom stereocenters. The van der Waals surface area contributed by atoms with Gasteiger partial charge in [-0.05, 0) is 24.6 Å². The SMILES string of the molecule is CCCCCC(=O)O.COc1cc(C=O)ccc1O. The van der Waals surface area contributed by atoms with Gasteiger partial charge in [0, 0.05) is 12.0 Å². The Kier molecular flexibility index (Phi) is 8.87. The normalized spacial score (nSPS) is 9.16. The molecule has 1 aromatic rings. The van der Waals surface area contributed by atoms with E-state index < -0.39 is 5.97 Å². The van der Waals surface area contributed by atoms with Gasteiger partial charge in [0.2, 0.25) is 0 Å².